The molecule has 0 saturated heterocycles. The predicted octanol–water partition coefficient (Wildman–Crippen LogP) is 6.25. The van der Waals surface area contributed by atoms with Crippen LogP contribution < -0.4 is 14.8 Å². The van der Waals surface area contributed by atoms with Crippen LogP contribution in [0.25, 0.3) is 0 Å². The molecule has 1 aliphatic heterocycles. The fourth-order valence-electron chi connectivity index (χ4n) is 3.93. The number of aryl methyl sites for hydroxylation is 1. The molecule has 0 spiro atoms. The second-order valence-electron chi connectivity index (χ2n) is 8.27. The van der Waals surface area contributed by atoms with E-state index in [0.29, 0.717) is 19.7 Å². The van der Waals surface area contributed by atoms with Crippen molar-refractivity contribution in [3.63, 3.8) is 0 Å². The van der Waals surface area contributed by atoms with Crippen LogP contribution >= 0.6 is 0 Å². The molecule has 3 aromatic rings. The Hall–Kier alpha value is -3.47. The molecule has 1 N–H and O–H groups in total. The van der Waals surface area contributed by atoms with Crippen LogP contribution in [-0.2, 0) is 17.6 Å². The lowest BCUT2D eigenvalue weighted by Crippen LogP contribution is -2.34. The van der Waals surface area contributed by atoms with Crippen molar-refractivity contribution in [1.29, 1.82) is 0 Å². The number of methoxy groups -OCH3 is 1. The first-order valence-electron chi connectivity index (χ1n) is 12.0. The first kappa shape index (κ1) is 25.2. The van der Waals surface area contributed by atoms with Gasteiger partial charge in [-0.15, -0.1) is 0 Å². The van der Waals surface area contributed by atoms with Gasteiger partial charge in [0.05, 0.1) is 18.8 Å². The number of ether oxygens (including phenoxy) is 2. The maximum Gasteiger partial charge on any atom is 0.222 e. The molecule has 0 saturated carbocycles. The predicted molar refractivity (Wildman–Crippen MR) is 138 cm³/mol. The summed E-state index contributed by atoms with van der Waals surface area (Å²) in [4.78, 5) is 14.5. The van der Waals surface area contributed by atoms with E-state index in [2.05, 4.69) is 49.5 Å². The van der Waals surface area contributed by atoms with Crippen LogP contribution in [-0.4, -0.2) is 31.2 Å². The highest BCUT2D eigenvalue weighted by atomic mass is 16.5. The molecule has 5 nitrogen and oxygen atoms in total. The lowest BCUT2D eigenvalue weighted by Gasteiger charge is -2.30. The fraction of sp³-hybridized carbons (Fsp3) is 0.345. The molecule has 180 valence electrons. The van der Waals surface area contributed by atoms with Gasteiger partial charge in [0.2, 0.25) is 5.91 Å². The Morgan fingerprint density at radius 1 is 1.03 bits per heavy atom. The lowest BCUT2D eigenvalue weighted by atomic mass is 10.0. The first-order chi connectivity index (χ1) is 16.5. The van der Waals surface area contributed by atoms with Crippen LogP contribution in [0, 0.1) is 0 Å². The van der Waals surface area contributed by atoms with Gasteiger partial charge in [-0.05, 0) is 60.7 Å². The Balaban J connectivity index is 0.000000343. The van der Waals surface area contributed by atoms with E-state index in [1.165, 1.54) is 11.1 Å². The summed E-state index contributed by atoms with van der Waals surface area (Å²) in [5.74, 6) is 1.86. The molecule has 1 atom stereocenters. The van der Waals surface area contributed by atoms with Crippen molar-refractivity contribution in [2.45, 2.75) is 46.1 Å². The molecule has 0 fully saturated rings. The van der Waals surface area contributed by atoms with Gasteiger partial charge in [0.1, 0.15) is 11.5 Å². The average Bonchev–Trinajstić information content (AvgIpc) is 3.37. The van der Waals surface area contributed by atoms with E-state index in [1.54, 1.807) is 7.11 Å². The zero-order valence-corrected chi connectivity index (χ0v) is 20.7. The summed E-state index contributed by atoms with van der Waals surface area (Å²) in [5, 5.41) is 3.17. The Morgan fingerprint density at radius 2 is 1.76 bits per heavy atom. The van der Waals surface area contributed by atoms with Gasteiger partial charge < -0.3 is 19.7 Å². The molecule has 34 heavy (non-hydrogen) atoms. The molecule has 3 aromatic carbocycles. The van der Waals surface area contributed by atoms with Gasteiger partial charge in [-0.25, -0.2) is 0 Å². The van der Waals surface area contributed by atoms with Crippen LogP contribution in [0.1, 0.15) is 49.9 Å². The minimum Gasteiger partial charge on any atom is -0.497 e. The van der Waals surface area contributed by atoms with Crippen LogP contribution in [0.3, 0.4) is 0 Å². The minimum atomic E-state index is -0.00445. The zero-order chi connectivity index (χ0) is 24.3. The number of nitrogens with zero attached hydrogens (tertiary/aromatic N) is 1. The summed E-state index contributed by atoms with van der Waals surface area (Å²) in [7, 11) is 1.66. The minimum absolute atomic E-state index is 0.00445. The average molecular weight is 461 g/mol. The highest BCUT2D eigenvalue weighted by Gasteiger charge is 2.22. The zero-order valence-electron chi connectivity index (χ0n) is 20.7. The van der Waals surface area contributed by atoms with Gasteiger partial charge in [-0.3, -0.25) is 4.79 Å². The van der Waals surface area contributed by atoms with Gasteiger partial charge in [0, 0.05) is 13.0 Å². The van der Waals surface area contributed by atoms with E-state index in [4.69, 9.17) is 9.47 Å². The molecule has 5 heteroatoms. The number of fused-ring (bicyclic) bond motifs is 1. The quantitative estimate of drug-likeness (QED) is 0.432. The molecule has 1 amide bonds. The largest absolute Gasteiger partial charge is 0.497 e. The van der Waals surface area contributed by atoms with Gasteiger partial charge >= 0.3 is 0 Å². The molecule has 4 rings (SSSR count). The van der Waals surface area contributed by atoms with Crippen molar-refractivity contribution >= 4 is 11.6 Å². The topological polar surface area (TPSA) is 50.8 Å². The Kier molecular flexibility index (Phi) is 9.39. The van der Waals surface area contributed by atoms with Crippen molar-refractivity contribution < 1.29 is 14.3 Å². The second-order valence-corrected chi connectivity index (χ2v) is 8.27. The molecule has 1 unspecified atom stereocenters. The standard InChI is InChI=1S/C21H26N2O3.C8H10/c1-4-21(24)23(12-11-16-5-8-18(25-3)9-6-16)15(2)17-7-10-19-20(13-17)26-14-22-19;1-2-8-6-4-3-5-7-8/h5-10,13,15,22H,4,11-12,14H2,1-3H3;3-7H,2H2,1H3. The molecule has 0 aliphatic carbocycles. The third kappa shape index (κ3) is 6.77. The Bertz CT molecular complexity index is 1040. The number of rotatable bonds is 8. The van der Waals surface area contributed by atoms with Gasteiger partial charge in [0.25, 0.3) is 0 Å². The second kappa shape index (κ2) is 12.7. The number of hydrogen-bond acceptors (Lipinski definition) is 4. The summed E-state index contributed by atoms with van der Waals surface area (Å²) < 4.78 is 10.8. The van der Waals surface area contributed by atoms with Crippen molar-refractivity contribution in [3.05, 3.63) is 89.5 Å². The normalized spacial score (nSPS) is 12.4. The van der Waals surface area contributed by atoms with Crippen LogP contribution in [0.15, 0.2) is 72.8 Å². The maximum atomic E-state index is 12.5. The van der Waals surface area contributed by atoms with Crippen LogP contribution in [0.2, 0.25) is 0 Å². The van der Waals surface area contributed by atoms with Crippen LogP contribution in [0.4, 0.5) is 5.69 Å². The van der Waals surface area contributed by atoms with Crippen molar-refractivity contribution in [3.8, 4) is 11.5 Å². The smallest absolute Gasteiger partial charge is 0.222 e. The maximum absolute atomic E-state index is 12.5. The van der Waals surface area contributed by atoms with Gasteiger partial charge in [-0.1, -0.05) is 62.4 Å². The Morgan fingerprint density at radius 3 is 2.38 bits per heavy atom. The fourth-order valence-corrected chi connectivity index (χ4v) is 3.93. The molecular weight excluding hydrogens is 424 g/mol. The molecular formula is C29H36N2O3. The van der Waals surface area contributed by atoms with Crippen molar-refractivity contribution in [1.82, 2.24) is 4.90 Å². The monoisotopic (exact) mass is 460 g/mol. The number of anilines is 1. The van der Waals surface area contributed by atoms with Crippen molar-refractivity contribution in [2.24, 2.45) is 0 Å². The molecule has 0 bridgehead atoms. The number of hydrogen-bond donors (Lipinski definition) is 1. The summed E-state index contributed by atoms with van der Waals surface area (Å²) in [6.07, 6.45) is 2.44. The van der Waals surface area contributed by atoms with Crippen LogP contribution in [0.5, 0.6) is 11.5 Å². The van der Waals surface area contributed by atoms with Gasteiger partial charge in [0.15, 0.2) is 6.73 Å². The van der Waals surface area contributed by atoms with Gasteiger partial charge in [-0.2, -0.15) is 0 Å². The highest BCUT2D eigenvalue weighted by Crippen LogP contribution is 2.33. The number of nitrogens with one attached hydrogen (secondary N) is 1. The SMILES string of the molecule is CCC(=O)N(CCc1ccc(OC)cc1)C(C)c1ccc2c(c1)OCN2.CCc1ccccc1. The third-order valence-corrected chi connectivity index (χ3v) is 6.12. The Labute approximate surface area is 203 Å². The number of carbonyl (C=O) groups excluding carboxylic acids is 1. The highest BCUT2D eigenvalue weighted by molar-refractivity contribution is 5.76. The van der Waals surface area contributed by atoms with E-state index in [9.17, 15) is 4.79 Å². The molecule has 0 aromatic heterocycles. The summed E-state index contributed by atoms with van der Waals surface area (Å²) >= 11 is 0. The third-order valence-electron chi connectivity index (χ3n) is 6.12. The van der Waals surface area contributed by atoms with E-state index >= 15 is 0 Å². The lowest BCUT2D eigenvalue weighted by molar-refractivity contribution is -0.133. The first-order valence-corrected chi connectivity index (χ1v) is 12.0. The van der Waals surface area contributed by atoms with Crippen molar-refractivity contribution in [2.75, 3.05) is 25.7 Å². The van der Waals surface area contributed by atoms with E-state index in [1.807, 2.05) is 54.3 Å². The summed E-state index contributed by atoms with van der Waals surface area (Å²) in [5.41, 5.74) is 4.69. The molecule has 0 radical (unpaired) electrons. The number of amides is 1. The molecule has 1 aliphatic rings. The summed E-state index contributed by atoms with van der Waals surface area (Å²) in [6, 6.07) is 24.6. The number of benzene rings is 3. The van der Waals surface area contributed by atoms with E-state index < -0.39 is 0 Å². The molecule has 1 heterocycles. The van der Waals surface area contributed by atoms with E-state index in [0.717, 1.165) is 35.6 Å². The van der Waals surface area contributed by atoms with E-state index in [-0.39, 0.29) is 11.9 Å². The summed E-state index contributed by atoms with van der Waals surface area (Å²) in [6.45, 7) is 7.32. The number of carbonyl (C=O) groups is 1.